The Morgan fingerprint density at radius 2 is 1.47 bits per heavy atom. The van der Waals surface area contributed by atoms with E-state index in [-0.39, 0.29) is 59.8 Å². The topological polar surface area (TPSA) is 63.1 Å². The average molecular weight is 848 g/mol. The molecule has 0 bridgehead atoms. The third-order valence-corrected chi connectivity index (χ3v) is 9.14. The number of alkyl halides is 3. The second-order valence-corrected chi connectivity index (χ2v) is 13.5. The molecule has 49 heavy (non-hydrogen) atoms. The third kappa shape index (κ3) is 8.95. The van der Waals surface area contributed by atoms with E-state index in [9.17, 15) is 23.1 Å². The molecule has 0 saturated heterocycles. The average Bonchev–Trinajstić information content (AvgIpc) is 3.03. The van der Waals surface area contributed by atoms with Gasteiger partial charge in [-0.05, 0) is 63.7 Å². The Morgan fingerprint density at radius 1 is 0.837 bits per heavy atom. The van der Waals surface area contributed by atoms with Gasteiger partial charge in [-0.15, -0.1) is 34.9 Å². The number of carbonyl (C=O) groups is 1. The van der Waals surface area contributed by atoms with Crippen molar-refractivity contribution in [1.29, 1.82) is 0 Å². The number of ketones is 1. The molecule has 0 aliphatic rings. The van der Waals surface area contributed by atoms with Gasteiger partial charge in [-0.2, -0.15) is 13.2 Å². The van der Waals surface area contributed by atoms with Crippen LogP contribution in [0.5, 0.6) is 0 Å². The Labute approximate surface area is 301 Å². The summed E-state index contributed by atoms with van der Waals surface area (Å²) in [5.41, 5.74) is 2.15. The van der Waals surface area contributed by atoms with Crippen LogP contribution in [0.25, 0.3) is 43.7 Å². The number of nitrogens with zero attached hydrogens (tertiary/aromatic N) is 2. The molecule has 0 aliphatic heterocycles. The molecule has 5 aromatic rings. The zero-order chi connectivity index (χ0) is 35.4. The number of aryl methyl sites for hydroxylation is 1. The second-order valence-electron chi connectivity index (χ2n) is 13.5. The molecule has 1 heterocycles. The number of hydrogen-bond acceptors (Lipinski definition) is 4. The normalized spacial score (nSPS) is 12.4. The van der Waals surface area contributed by atoms with Crippen molar-refractivity contribution in [3.8, 4) is 11.3 Å². The number of fused-ring (bicyclic) bond motifs is 4. The Balaban J connectivity index is 0.000000347. The summed E-state index contributed by atoms with van der Waals surface area (Å²) in [4.78, 5) is 20.3. The molecule has 5 rings (SSSR count). The van der Waals surface area contributed by atoms with Gasteiger partial charge in [-0.3, -0.25) is 9.78 Å². The molecule has 0 saturated carbocycles. The molecule has 0 unspecified atom stereocenters. The van der Waals surface area contributed by atoms with Crippen LogP contribution in [-0.2, 0) is 36.5 Å². The SMILES string of the molecule is CCC(CC)C(=O)/C=C(\O)C(CC)CC.Cc1[c-]c(-c2ncnc3c(C(F)(F)F)c4ccc5ccccc5c4cc23)cc(C(C)(C)C)c1.[Ir]. The number of benzene rings is 4. The molecule has 0 aliphatic carbocycles. The van der Waals surface area contributed by atoms with Crippen LogP contribution < -0.4 is 0 Å². The number of rotatable bonds is 8. The van der Waals surface area contributed by atoms with E-state index in [1.807, 2.05) is 65.0 Å². The zero-order valence-corrected chi connectivity index (χ0v) is 31.9. The Kier molecular flexibility index (Phi) is 13.3. The summed E-state index contributed by atoms with van der Waals surface area (Å²) in [7, 11) is 0. The number of aliphatic hydroxyl groups is 1. The number of halogens is 3. The molecular formula is C41H46F3IrN2O2-. The largest absolute Gasteiger partial charge is 0.512 e. The van der Waals surface area contributed by atoms with Gasteiger partial charge in [-0.1, -0.05) is 97.9 Å². The fourth-order valence-electron chi connectivity index (χ4n) is 6.23. The van der Waals surface area contributed by atoms with Gasteiger partial charge < -0.3 is 5.11 Å². The van der Waals surface area contributed by atoms with Crippen LogP contribution >= 0.6 is 0 Å². The van der Waals surface area contributed by atoms with Crippen molar-refractivity contribution in [1.82, 2.24) is 9.97 Å². The summed E-state index contributed by atoms with van der Waals surface area (Å²) in [6.07, 6.45) is 1.55. The molecular weight excluding hydrogens is 802 g/mol. The van der Waals surface area contributed by atoms with Gasteiger partial charge in [0.25, 0.3) is 0 Å². The molecule has 0 atom stereocenters. The fraction of sp³-hybridized carbons (Fsp3) is 0.390. The molecule has 0 fully saturated rings. The predicted octanol–water partition coefficient (Wildman–Crippen LogP) is 11.9. The van der Waals surface area contributed by atoms with Crippen LogP contribution in [0.3, 0.4) is 0 Å². The van der Waals surface area contributed by atoms with Crippen molar-refractivity contribution in [2.45, 2.75) is 92.7 Å². The van der Waals surface area contributed by atoms with Crippen LogP contribution in [0.2, 0.25) is 0 Å². The molecule has 263 valence electrons. The van der Waals surface area contributed by atoms with Gasteiger partial charge in [0.1, 0.15) is 6.33 Å². The van der Waals surface area contributed by atoms with E-state index in [1.54, 1.807) is 12.1 Å². The number of carbonyl (C=O) groups excluding carboxylic acids is 1. The number of hydrogen-bond donors (Lipinski definition) is 1. The minimum Gasteiger partial charge on any atom is -0.512 e. The molecule has 0 spiro atoms. The predicted molar refractivity (Wildman–Crippen MR) is 191 cm³/mol. The van der Waals surface area contributed by atoms with E-state index in [4.69, 9.17) is 0 Å². The van der Waals surface area contributed by atoms with Crippen LogP contribution in [0, 0.1) is 24.8 Å². The van der Waals surface area contributed by atoms with Gasteiger partial charge in [0.05, 0.1) is 16.8 Å². The summed E-state index contributed by atoms with van der Waals surface area (Å²) in [6.45, 7) is 16.3. The van der Waals surface area contributed by atoms with Gasteiger partial charge in [0.2, 0.25) is 0 Å². The maximum atomic E-state index is 14.4. The standard InChI is InChI=1S/C28H22F3N2.C13H24O2.Ir/c1-16-11-18(13-19(12-16)27(2,3)4)25-23-14-22-20-8-6-5-7-17(20)9-10-21(22)24(28(29,30)31)26(23)33-15-32-25;1-5-10(6-2)12(14)9-13(15)11(7-3)8-4;/h5-10,12-15H,1-4H3;9-11,14H,5-8H2,1-4H3;/q-1;;/b;12-9-;. The smallest absolute Gasteiger partial charge is 0.419 e. The van der Waals surface area contributed by atoms with Gasteiger partial charge in [0.15, 0.2) is 5.78 Å². The maximum Gasteiger partial charge on any atom is 0.419 e. The molecule has 4 aromatic carbocycles. The first-order chi connectivity index (χ1) is 22.6. The van der Waals surface area contributed by atoms with Crippen molar-refractivity contribution >= 4 is 38.2 Å². The van der Waals surface area contributed by atoms with E-state index in [0.29, 0.717) is 22.0 Å². The molecule has 4 nitrogen and oxygen atoms in total. The van der Waals surface area contributed by atoms with Crippen LogP contribution in [0.4, 0.5) is 13.2 Å². The van der Waals surface area contributed by atoms with E-state index in [0.717, 1.165) is 47.6 Å². The van der Waals surface area contributed by atoms with Crippen LogP contribution in [0.1, 0.15) is 90.8 Å². The van der Waals surface area contributed by atoms with Crippen molar-refractivity contribution in [2.75, 3.05) is 0 Å². The van der Waals surface area contributed by atoms with Crippen LogP contribution in [-0.4, -0.2) is 20.9 Å². The fourth-order valence-corrected chi connectivity index (χ4v) is 6.23. The first-order valence-electron chi connectivity index (χ1n) is 16.8. The van der Waals surface area contributed by atoms with E-state index in [2.05, 4.69) is 42.9 Å². The summed E-state index contributed by atoms with van der Waals surface area (Å²) in [5, 5.41) is 12.5. The number of aliphatic hydroxyl groups excluding tert-OH is 1. The van der Waals surface area contributed by atoms with E-state index < -0.39 is 11.7 Å². The van der Waals surface area contributed by atoms with Crippen molar-refractivity contribution in [3.63, 3.8) is 0 Å². The molecule has 1 N–H and O–H groups in total. The minimum atomic E-state index is -4.57. The Hall–Kier alpha value is -3.61. The van der Waals surface area contributed by atoms with Gasteiger partial charge in [0, 0.05) is 38.0 Å². The molecule has 0 amide bonds. The zero-order valence-electron chi connectivity index (χ0n) is 29.6. The monoisotopic (exact) mass is 848 g/mol. The van der Waals surface area contributed by atoms with Crippen molar-refractivity contribution in [3.05, 3.63) is 95.5 Å². The number of aromatic nitrogens is 2. The molecule has 1 radical (unpaired) electrons. The van der Waals surface area contributed by atoms with Crippen molar-refractivity contribution in [2.24, 2.45) is 11.8 Å². The van der Waals surface area contributed by atoms with E-state index in [1.165, 1.54) is 18.5 Å². The Bertz CT molecular complexity index is 1950. The summed E-state index contributed by atoms with van der Waals surface area (Å²) in [5.74, 6) is 0.547. The summed E-state index contributed by atoms with van der Waals surface area (Å²) in [6, 6.07) is 19.9. The molecule has 1 aromatic heterocycles. The Morgan fingerprint density at radius 3 is 2.06 bits per heavy atom. The van der Waals surface area contributed by atoms with Gasteiger partial charge in [-0.25, -0.2) is 4.98 Å². The summed E-state index contributed by atoms with van der Waals surface area (Å²) >= 11 is 0. The van der Waals surface area contributed by atoms with Crippen LogP contribution in [0.15, 0.2) is 72.8 Å². The quantitative estimate of drug-likeness (QED) is 0.0555. The number of allylic oxidation sites excluding steroid dienone is 2. The third-order valence-electron chi connectivity index (χ3n) is 9.14. The second kappa shape index (κ2) is 16.4. The first kappa shape index (κ1) is 39.8. The van der Waals surface area contributed by atoms with Gasteiger partial charge >= 0.3 is 6.18 Å². The molecule has 8 heteroatoms. The first-order valence-corrected chi connectivity index (χ1v) is 16.8. The minimum absolute atomic E-state index is 0. The van der Waals surface area contributed by atoms with Crippen molar-refractivity contribution < 1.29 is 43.2 Å². The summed E-state index contributed by atoms with van der Waals surface area (Å²) < 4.78 is 43.2. The van der Waals surface area contributed by atoms with E-state index >= 15 is 0 Å². The maximum absolute atomic E-state index is 14.4.